The highest BCUT2D eigenvalue weighted by Gasteiger charge is 2.41. The molecule has 186 valence electrons. The second-order valence-electron chi connectivity index (χ2n) is 10.2. The summed E-state index contributed by atoms with van der Waals surface area (Å²) in [5.41, 5.74) is 3.01. The average Bonchev–Trinajstić information content (AvgIpc) is 3.40. The Morgan fingerprint density at radius 3 is 2.69 bits per heavy atom. The minimum absolute atomic E-state index is 0.206. The fourth-order valence-electron chi connectivity index (χ4n) is 5.70. The number of hydrogen-bond acceptors (Lipinski definition) is 6. The molecule has 2 aromatic heterocycles. The predicted octanol–water partition coefficient (Wildman–Crippen LogP) is 1.82. The molecule has 9 heteroatoms. The number of piperidine rings is 2. The number of likely N-dealkylation sites (tertiary alicyclic amines) is 1. The lowest BCUT2D eigenvalue weighted by Gasteiger charge is -2.38. The molecular formula is C27H29N5O4. The Hall–Kier alpha value is -3.56. The maximum absolute atomic E-state index is 12.9. The molecule has 1 aromatic carbocycles. The van der Waals surface area contributed by atoms with E-state index in [4.69, 9.17) is 4.98 Å². The number of carbonyl (C=O) groups is 3. The van der Waals surface area contributed by atoms with Gasteiger partial charge in [0.2, 0.25) is 11.8 Å². The second kappa shape index (κ2) is 8.53. The molecule has 1 atom stereocenters. The van der Waals surface area contributed by atoms with Crippen molar-refractivity contribution in [2.45, 2.75) is 50.4 Å². The van der Waals surface area contributed by atoms with E-state index >= 15 is 0 Å². The molecule has 3 aliphatic rings. The first kappa shape index (κ1) is 22.9. The molecule has 5 heterocycles. The summed E-state index contributed by atoms with van der Waals surface area (Å²) < 4.78 is 2.12. The van der Waals surface area contributed by atoms with Gasteiger partial charge >= 0.3 is 0 Å². The zero-order valence-electron chi connectivity index (χ0n) is 20.2. The summed E-state index contributed by atoms with van der Waals surface area (Å²) in [4.78, 5) is 45.3. The third-order valence-electron chi connectivity index (χ3n) is 7.89. The highest BCUT2D eigenvalue weighted by Crippen LogP contribution is 2.35. The number of amides is 3. The number of imide groups is 1. The molecule has 9 nitrogen and oxygen atoms in total. The maximum atomic E-state index is 12.9. The van der Waals surface area contributed by atoms with E-state index in [-0.39, 0.29) is 24.8 Å². The SMILES string of the molecule is Cn1ccc2ccc(CN3CCC(O)(c4ccc5c(n4)CN(C4CCC(=O)NC4=O)C5=O)CC3)cc21. The molecule has 36 heavy (non-hydrogen) atoms. The molecule has 0 bridgehead atoms. The molecule has 0 saturated carbocycles. The van der Waals surface area contributed by atoms with Gasteiger partial charge in [-0.2, -0.15) is 0 Å². The van der Waals surface area contributed by atoms with Crippen LogP contribution < -0.4 is 5.32 Å². The van der Waals surface area contributed by atoms with Crippen molar-refractivity contribution in [2.75, 3.05) is 13.1 Å². The van der Waals surface area contributed by atoms with Crippen molar-refractivity contribution in [2.24, 2.45) is 7.05 Å². The standard InChI is InChI=1S/C27H29N5O4/c1-30-11-8-18-3-2-17(14-22(18)30)15-31-12-9-27(36,10-13-31)23-6-4-19-20(28-23)16-32(26(19)35)21-5-7-24(33)29-25(21)34/h2-4,6,8,11,14,21,36H,5,7,9-10,12-13,15-16H2,1H3,(H,29,33,34). The number of aromatic nitrogens is 2. The normalized spacial score (nSPS) is 22.2. The number of hydrogen-bond donors (Lipinski definition) is 2. The van der Waals surface area contributed by atoms with Gasteiger partial charge < -0.3 is 14.6 Å². The van der Waals surface area contributed by atoms with Gasteiger partial charge in [0, 0.05) is 44.8 Å². The number of carbonyl (C=O) groups excluding carboxylic acids is 3. The average molecular weight is 488 g/mol. The molecular weight excluding hydrogens is 458 g/mol. The van der Waals surface area contributed by atoms with Crippen LogP contribution >= 0.6 is 0 Å². The minimum atomic E-state index is -1.06. The molecule has 0 aliphatic carbocycles. The van der Waals surface area contributed by atoms with Crippen LogP contribution in [-0.4, -0.2) is 61.3 Å². The lowest BCUT2D eigenvalue weighted by molar-refractivity contribution is -0.136. The van der Waals surface area contributed by atoms with Gasteiger partial charge in [0.05, 0.1) is 23.5 Å². The van der Waals surface area contributed by atoms with Crippen LogP contribution in [0.1, 0.15) is 53.0 Å². The molecule has 0 spiro atoms. The van der Waals surface area contributed by atoms with Crippen LogP contribution in [0.25, 0.3) is 10.9 Å². The maximum Gasteiger partial charge on any atom is 0.256 e. The van der Waals surface area contributed by atoms with Crippen molar-refractivity contribution in [1.29, 1.82) is 0 Å². The molecule has 6 rings (SSSR count). The summed E-state index contributed by atoms with van der Waals surface area (Å²) >= 11 is 0. The topological polar surface area (TPSA) is 108 Å². The highest BCUT2D eigenvalue weighted by atomic mass is 16.3. The van der Waals surface area contributed by atoms with Crippen LogP contribution in [0.4, 0.5) is 0 Å². The van der Waals surface area contributed by atoms with Gasteiger partial charge in [-0.1, -0.05) is 12.1 Å². The number of nitrogens with zero attached hydrogens (tertiary/aromatic N) is 4. The number of aryl methyl sites for hydroxylation is 1. The van der Waals surface area contributed by atoms with Crippen molar-refractivity contribution in [3.05, 3.63) is 65.1 Å². The fourth-order valence-corrected chi connectivity index (χ4v) is 5.70. The van der Waals surface area contributed by atoms with E-state index in [1.54, 1.807) is 12.1 Å². The summed E-state index contributed by atoms with van der Waals surface area (Å²) in [7, 11) is 2.05. The molecule has 3 aromatic rings. The lowest BCUT2D eigenvalue weighted by atomic mass is 9.87. The van der Waals surface area contributed by atoms with Crippen molar-refractivity contribution in [1.82, 2.24) is 24.7 Å². The number of fused-ring (bicyclic) bond motifs is 2. The molecule has 1 unspecified atom stereocenters. The molecule has 2 N–H and O–H groups in total. The molecule has 0 radical (unpaired) electrons. The Morgan fingerprint density at radius 1 is 1.11 bits per heavy atom. The summed E-state index contributed by atoms with van der Waals surface area (Å²) in [6, 6.07) is 11.4. The van der Waals surface area contributed by atoms with Crippen molar-refractivity contribution < 1.29 is 19.5 Å². The van der Waals surface area contributed by atoms with E-state index in [0.717, 1.165) is 19.6 Å². The lowest BCUT2D eigenvalue weighted by Crippen LogP contribution is -2.52. The smallest absolute Gasteiger partial charge is 0.256 e. The van der Waals surface area contributed by atoms with Gasteiger partial charge in [-0.05, 0) is 54.5 Å². The van der Waals surface area contributed by atoms with Crippen LogP contribution in [0.2, 0.25) is 0 Å². The van der Waals surface area contributed by atoms with Crippen molar-refractivity contribution >= 4 is 28.6 Å². The first-order valence-corrected chi connectivity index (χ1v) is 12.4. The number of nitrogens with one attached hydrogen (secondary N) is 1. The van der Waals surface area contributed by atoms with Crippen LogP contribution in [0.3, 0.4) is 0 Å². The summed E-state index contributed by atoms with van der Waals surface area (Å²) in [6.07, 6.45) is 3.70. The van der Waals surface area contributed by atoms with Crippen LogP contribution in [-0.2, 0) is 35.3 Å². The number of benzene rings is 1. The zero-order chi connectivity index (χ0) is 25.0. The van der Waals surface area contributed by atoms with Gasteiger partial charge in [0.25, 0.3) is 5.91 Å². The van der Waals surface area contributed by atoms with Crippen LogP contribution in [0, 0.1) is 0 Å². The van der Waals surface area contributed by atoms with E-state index in [2.05, 4.69) is 45.2 Å². The van der Waals surface area contributed by atoms with E-state index in [1.165, 1.54) is 21.4 Å². The molecule has 3 aliphatic heterocycles. The van der Waals surface area contributed by atoms with Crippen molar-refractivity contribution in [3.8, 4) is 0 Å². The van der Waals surface area contributed by atoms with Gasteiger partial charge in [0.1, 0.15) is 11.6 Å². The Kier molecular flexibility index (Phi) is 5.42. The van der Waals surface area contributed by atoms with Gasteiger partial charge in [-0.15, -0.1) is 0 Å². The van der Waals surface area contributed by atoms with Crippen molar-refractivity contribution in [3.63, 3.8) is 0 Å². The summed E-state index contributed by atoms with van der Waals surface area (Å²) in [6.45, 7) is 2.51. The Morgan fingerprint density at radius 2 is 1.92 bits per heavy atom. The Balaban J connectivity index is 1.13. The van der Waals surface area contributed by atoms with E-state index in [0.29, 0.717) is 36.2 Å². The fraction of sp³-hybridized carbons (Fsp3) is 0.407. The molecule has 2 saturated heterocycles. The number of aliphatic hydroxyl groups is 1. The zero-order valence-corrected chi connectivity index (χ0v) is 20.2. The van der Waals surface area contributed by atoms with Gasteiger partial charge in [-0.25, -0.2) is 0 Å². The Labute approximate surface area is 208 Å². The van der Waals surface area contributed by atoms with Gasteiger partial charge in [-0.3, -0.25) is 29.6 Å². The monoisotopic (exact) mass is 487 g/mol. The Bertz CT molecular complexity index is 1390. The first-order chi connectivity index (χ1) is 17.3. The first-order valence-electron chi connectivity index (χ1n) is 12.4. The van der Waals surface area contributed by atoms with E-state index in [1.807, 2.05) is 7.05 Å². The largest absolute Gasteiger partial charge is 0.383 e. The minimum Gasteiger partial charge on any atom is -0.383 e. The molecule has 2 fully saturated rings. The number of rotatable bonds is 4. The quantitative estimate of drug-likeness (QED) is 0.544. The number of pyridine rings is 1. The second-order valence-corrected chi connectivity index (χ2v) is 10.2. The highest BCUT2D eigenvalue weighted by molar-refractivity contribution is 6.05. The van der Waals surface area contributed by atoms with Gasteiger partial charge in [0.15, 0.2) is 0 Å². The predicted molar refractivity (Wildman–Crippen MR) is 132 cm³/mol. The van der Waals surface area contributed by atoms with E-state index < -0.39 is 17.6 Å². The van der Waals surface area contributed by atoms with Crippen LogP contribution in [0.5, 0.6) is 0 Å². The summed E-state index contributed by atoms with van der Waals surface area (Å²) in [5.74, 6) is -1.00. The van der Waals surface area contributed by atoms with Crippen LogP contribution in [0.15, 0.2) is 42.6 Å². The van der Waals surface area contributed by atoms with E-state index in [9.17, 15) is 19.5 Å². The molecule has 3 amide bonds. The third kappa shape index (κ3) is 3.88. The summed E-state index contributed by atoms with van der Waals surface area (Å²) in [5, 5.41) is 15.0. The third-order valence-corrected chi connectivity index (χ3v) is 7.89.